The molecule has 5 heteroatoms. The monoisotopic (exact) mass is 544 g/mol. The van der Waals surface area contributed by atoms with E-state index in [1.54, 1.807) is 7.11 Å². The number of nitrogens with zero attached hydrogens (tertiary/aromatic N) is 2. The number of hydrogen-bond donors (Lipinski definition) is 1. The van der Waals surface area contributed by atoms with Crippen LogP contribution in [0.25, 0.3) is 10.9 Å². The van der Waals surface area contributed by atoms with Crippen molar-refractivity contribution in [1.29, 1.82) is 0 Å². The van der Waals surface area contributed by atoms with Crippen LogP contribution in [-0.2, 0) is 5.60 Å². The van der Waals surface area contributed by atoms with Crippen molar-refractivity contribution in [2.75, 3.05) is 27.7 Å². The van der Waals surface area contributed by atoms with Gasteiger partial charge in [0.25, 0.3) is 0 Å². The standard InChI is InChI=1S/C31H33BrN2O2/c1-34(2)18-17-31(35,25-13-11-22(12-14-25)21-9-10-21)29(23-7-5-4-6-8-23)27-20-24-19-26(32)15-16-28(24)33-30(27)36-3/h4-8,11-16,19-21,29,35H,9-10,17-18H2,1-3H3. The number of methoxy groups -OCH3 is 1. The van der Waals surface area contributed by atoms with Crippen LogP contribution in [0.4, 0.5) is 0 Å². The molecule has 0 radical (unpaired) electrons. The van der Waals surface area contributed by atoms with Crippen LogP contribution in [0, 0.1) is 0 Å². The second-order valence-corrected chi connectivity index (χ2v) is 11.1. The quantitative estimate of drug-likeness (QED) is 0.250. The molecule has 4 nitrogen and oxygen atoms in total. The number of hydrogen-bond acceptors (Lipinski definition) is 4. The Morgan fingerprint density at radius 1 is 1.03 bits per heavy atom. The minimum absolute atomic E-state index is 0.378. The SMILES string of the molecule is COc1nc2ccc(Br)cc2cc1C(c1ccccc1)C(O)(CCN(C)C)c1ccc(C2CC2)cc1. The molecule has 0 aliphatic heterocycles. The summed E-state index contributed by atoms with van der Waals surface area (Å²) in [6, 6.07) is 27.1. The van der Waals surface area contributed by atoms with Gasteiger partial charge in [-0.3, -0.25) is 0 Å². The highest BCUT2D eigenvalue weighted by atomic mass is 79.9. The summed E-state index contributed by atoms with van der Waals surface area (Å²) in [6.45, 7) is 0.735. The van der Waals surface area contributed by atoms with Crippen molar-refractivity contribution in [2.45, 2.75) is 36.7 Å². The lowest BCUT2D eigenvalue weighted by Crippen LogP contribution is -2.37. The van der Waals surface area contributed by atoms with Gasteiger partial charge in [0.15, 0.2) is 0 Å². The van der Waals surface area contributed by atoms with E-state index in [4.69, 9.17) is 9.72 Å². The summed E-state index contributed by atoms with van der Waals surface area (Å²) in [5.74, 6) is 0.829. The van der Waals surface area contributed by atoms with Gasteiger partial charge in [-0.25, -0.2) is 4.98 Å². The van der Waals surface area contributed by atoms with Crippen molar-refractivity contribution >= 4 is 26.8 Å². The van der Waals surface area contributed by atoms with Crippen molar-refractivity contribution < 1.29 is 9.84 Å². The Kier molecular flexibility index (Phi) is 7.16. The predicted molar refractivity (Wildman–Crippen MR) is 150 cm³/mol. The molecule has 1 aliphatic carbocycles. The van der Waals surface area contributed by atoms with Crippen LogP contribution < -0.4 is 4.74 Å². The van der Waals surface area contributed by atoms with Crippen LogP contribution in [0.1, 0.15) is 53.4 Å². The Morgan fingerprint density at radius 2 is 1.75 bits per heavy atom. The van der Waals surface area contributed by atoms with Gasteiger partial charge in [-0.1, -0.05) is 70.5 Å². The minimum atomic E-state index is -1.18. The maximum atomic E-state index is 12.8. The van der Waals surface area contributed by atoms with Crippen molar-refractivity contribution in [3.63, 3.8) is 0 Å². The number of fused-ring (bicyclic) bond motifs is 1. The molecule has 36 heavy (non-hydrogen) atoms. The third-order valence-corrected chi connectivity index (χ3v) is 7.78. The van der Waals surface area contributed by atoms with Crippen molar-refractivity contribution in [1.82, 2.24) is 9.88 Å². The highest BCUT2D eigenvalue weighted by Crippen LogP contribution is 2.48. The second-order valence-electron chi connectivity index (χ2n) is 10.1. The van der Waals surface area contributed by atoms with Gasteiger partial charge in [-0.2, -0.15) is 0 Å². The molecule has 1 heterocycles. The molecule has 0 amide bonds. The summed E-state index contributed by atoms with van der Waals surface area (Å²) in [4.78, 5) is 6.99. The van der Waals surface area contributed by atoms with E-state index in [0.717, 1.165) is 38.6 Å². The minimum Gasteiger partial charge on any atom is -0.481 e. The second kappa shape index (κ2) is 10.3. The molecular formula is C31H33BrN2O2. The normalized spacial score (nSPS) is 16.2. The average Bonchev–Trinajstić information content (AvgIpc) is 3.74. The fourth-order valence-corrected chi connectivity index (χ4v) is 5.56. The first-order valence-corrected chi connectivity index (χ1v) is 13.3. The Labute approximate surface area is 222 Å². The molecule has 3 aromatic carbocycles. The zero-order chi connectivity index (χ0) is 25.3. The number of rotatable bonds is 9. The van der Waals surface area contributed by atoms with Crippen LogP contribution in [0.15, 0.2) is 83.3 Å². The van der Waals surface area contributed by atoms with Crippen molar-refractivity contribution in [3.8, 4) is 5.88 Å². The van der Waals surface area contributed by atoms with Crippen LogP contribution in [0.3, 0.4) is 0 Å². The predicted octanol–water partition coefficient (Wildman–Crippen LogP) is 6.85. The number of aliphatic hydroxyl groups is 1. The molecule has 0 spiro atoms. The summed E-state index contributed by atoms with van der Waals surface area (Å²) in [5, 5.41) is 13.8. The Hall–Kier alpha value is -2.73. The maximum Gasteiger partial charge on any atom is 0.217 e. The smallest absolute Gasteiger partial charge is 0.217 e. The molecule has 1 N–H and O–H groups in total. The number of aromatic nitrogens is 1. The summed E-state index contributed by atoms with van der Waals surface area (Å²) >= 11 is 3.60. The molecule has 1 fully saturated rings. The van der Waals surface area contributed by atoms with Gasteiger partial charge in [0, 0.05) is 27.9 Å². The van der Waals surface area contributed by atoms with E-state index in [9.17, 15) is 5.11 Å². The van der Waals surface area contributed by atoms with E-state index in [1.807, 2.05) is 44.4 Å². The van der Waals surface area contributed by atoms with Gasteiger partial charge in [-0.15, -0.1) is 0 Å². The van der Waals surface area contributed by atoms with E-state index < -0.39 is 5.60 Å². The zero-order valence-electron chi connectivity index (χ0n) is 21.1. The van der Waals surface area contributed by atoms with Gasteiger partial charge in [0.05, 0.1) is 12.6 Å². The van der Waals surface area contributed by atoms with Crippen LogP contribution in [-0.4, -0.2) is 42.7 Å². The molecule has 5 rings (SSSR count). The van der Waals surface area contributed by atoms with Gasteiger partial charge >= 0.3 is 0 Å². The highest BCUT2D eigenvalue weighted by molar-refractivity contribution is 9.10. The summed E-state index contributed by atoms with van der Waals surface area (Å²) < 4.78 is 6.85. The topological polar surface area (TPSA) is 45.6 Å². The van der Waals surface area contributed by atoms with Gasteiger partial charge in [0.2, 0.25) is 5.88 Å². The Morgan fingerprint density at radius 3 is 2.39 bits per heavy atom. The first-order valence-electron chi connectivity index (χ1n) is 12.6. The van der Waals surface area contributed by atoms with Crippen LogP contribution >= 0.6 is 15.9 Å². The Balaban J connectivity index is 1.73. The highest BCUT2D eigenvalue weighted by Gasteiger charge is 2.42. The fourth-order valence-electron chi connectivity index (χ4n) is 5.18. The molecule has 1 saturated carbocycles. The van der Waals surface area contributed by atoms with E-state index in [-0.39, 0.29) is 5.92 Å². The molecule has 0 bridgehead atoms. The largest absolute Gasteiger partial charge is 0.481 e. The van der Waals surface area contributed by atoms with Crippen LogP contribution in [0.5, 0.6) is 5.88 Å². The number of halogens is 1. The summed E-state index contributed by atoms with van der Waals surface area (Å²) in [6.07, 6.45) is 3.07. The lowest BCUT2D eigenvalue weighted by atomic mass is 9.71. The molecule has 4 aromatic rings. The third kappa shape index (κ3) is 5.06. The van der Waals surface area contributed by atoms with E-state index >= 15 is 0 Å². The molecule has 0 saturated heterocycles. The molecule has 1 aliphatic rings. The lowest BCUT2D eigenvalue weighted by Gasteiger charge is -2.39. The number of benzene rings is 3. The van der Waals surface area contributed by atoms with Gasteiger partial charge in [0.1, 0.15) is 5.60 Å². The third-order valence-electron chi connectivity index (χ3n) is 7.28. The Bertz CT molecular complexity index is 1340. The average molecular weight is 546 g/mol. The molecular weight excluding hydrogens is 512 g/mol. The van der Waals surface area contributed by atoms with Gasteiger partial charge in [-0.05, 0) is 80.2 Å². The van der Waals surface area contributed by atoms with Gasteiger partial charge < -0.3 is 14.7 Å². The molecule has 186 valence electrons. The maximum absolute atomic E-state index is 12.8. The molecule has 2 atom stereocenters. The zero-order valence-corrected chi connectivity index (χ0v) is 22.7. The lowest BCUT2D eigenvalue weighted by molar-refractivity contribution is 0.00379. The fraction of sp³-hybridized carbons (Fsp3) is 0.323. The van der Waals surface area contributed by atoms with E-state index in [1.165, 1.54) is 18.4 Å². The molecule has 2 unspecified atom stereocenters. The van der Waals surface area contributed by atoms with E-state index in [2.05, 4.69) is 69.4 Å². The number of ether oxygens (including phenoxy) is 1. The van der Waals surface area contributed by atoms with Crippen molar-refractivity contribution in [2.24, 2.45) is 0 Å². The summed E-state index contributed by atoms with van der Waals surface area (Å²) in [7, 11) is 5.75. The van der Waals surface area contributed by atoms with Crippen molar-refractivity contribution in [3.05, 3.63) is 106 Å². The number of pyridine rings is 1. The first kappa shape index (κ1) is 24.9. The first-order chi connectivity index (χ1) is 17.4. The van der Waals surface area contributed by atoms with Crippen LogP contribution in [0.2, 0.25) is 0 Å². The van der Waals surface area contributed by atoms with E-state index in [0.29, 0.717) is 18.2 Å². The summed E-state index contributed by atoms with van der Waals surface area (Å²) in [5.41, 5.74) is 3.86. The molecule has 1 aromatic heterocycles.